The van der Waals surface area contributed by atoms with Crippen LogP contribution in [0.15, 0.2) is 16.8 Å². The maximum absolute atomic E-state index is 14.2. The molecule has 1 aliphatic heterocycles. The second-order valence-electron chi connectivity index (χ2n) is 19.8. The van der Waals surface area contributed by atoms with Gasteiger partial charge in [-0.05, 0) is 133 Å². The van der Waals surface area contributed by atoms with E-state index in [0.717, 1.165) is 51.4 Å². The molecule has 2 heterocycles. The lowest BCUT2D eigenvalue weighted by molar-refractivity contribution is -0.383. The standard InChI is InChI=1S/C43H62Cl3N7O11S/c1-24(28-7-8-29-37-30(13-15-42(28,29)3)41(2)14-12-27(54)19-25(41)20-34(37)55)6-11-36(57)52-22-26(21-33(52)40(58)48-17-18-65(61,62)63-23-43(44,45)46)49-35(56)5-4-16-47-31-9-10-32(53(59)60)39-38(31)50-64-51-39/h9-10,24-30,33-34,37,47,54-55H,4-8,11-23H2,1-3H3,(H,48,58)(H,49,56)/t24-,25?,26+,27-,28-,29?,30?,33+,34+,37?,41+,42-/m1/s1. The molecule has 12 atom stereocenters. The number of anilines is 1. The number of aliphatic hydroxyl groups excluding tert-OH is 2. The van der Waals surface area contributed by atoms with Crippen molar-refractivity contribution in [2.75, 3.05) is 37.3 Å². The number of nitrogens with zero attached hydrogens (tertiary/aromatic N) is 4. The first kappa shape index (κ1) is 49.8. The molecule has 4 saturated carbocycles. The van der Waals surface area contributed by atoms with Crippen LogP contribution in [-0.4, -0.2) is 117 Å². The molecule has 18 nitrogen and oxygen atoms in total. The minimum atomic E-state index is -4.16. The van der Waals surface area contributed by atoms with Crippen LogP contribution in [0.5, 0.6) is 0 Å². The first-order valence-electron chi connectivity index (χ1n) is 22.9. The van der Waals surface area contributed by atoms with E-state index in [4.69, 9.17) is 43.6 Å². The maximum Gasteiger partial charge on any atom is 0.300 e. The van der Waals surface area contributed by atoms with Crippen molar-refractivity contribution in [1.82, 2.24) is 25.8 Å². The molecule has 5 fully saturated rings. The van der Waals surface area contributed by atoms with Gasteiger partial charge in [-0.3, -0.25) is 28.7 Å². The Balaban J connectivity index is 0.954. The van der Waals surface area contributed by atoms with E-state index in [1.807, 2.05) is 0 Å². The molecule has 4 unspecified atom stereocenters. The molecule has 4 aliphatic carbocycles. The first-order chi connectivity index (χ1) is 30.6. The van der Waals surface area contributed by atoms with Crippen molar-refractivity contribution in [3.63, 3.8) is 0 Å². The number of hydrogen-bond acceptors (Lipinski definition) is 14. The van der Waals surface area contributed by atoms with Gasteiger partial charge < -0.3 is 31.1 Å². The van der Waals surface area contributed by atoms with E-state index >= 15 is 0 Å². The highest BCUT2D eigenvalue weighted by Crippen LogP contribution is 2.68. The molecule has 7 rings (SSSR count). The van der Waals surface area contributed by atoms with Gasteiger partial charge in [-0.1, -0.05) is 55.6 Å². The minimum Gasteiger partial charge on any atom is -0.393 e. The predicted octanol–water partition coefficient (Wildman–Crippen LogP) is 5.65. The fourth-order valence-corrected chi connectivity index (χ4v) is 14.1. The van der Waals surface area contributed by atoms with Gasteiger partial charge in [0.25, 0.3) is 10.1 Å². The van der Waals surface area contributed by atoms with E-state index in [1.54, 1.807) is 0 Å². The summed E-state index contributed by atoms with van der Waals surface area (Å²) in [4.78, 5) is 53.3. The highest BCUT2D eigenvalue weighted by atomic mass is 35.6. The molecule has 1 saturated heterocycles. The van der Waals surface area contributed by atoms with Crippen LogP contribution in [0.4, 0.5) is 11.4 Å². The number of aromatic nitrogens is 2. The fourth-order valence-electron chi connectivity index (χ4n) is 12.9. The first-order valence-corrected chi connectivity index (χ1v) is 25.6. The van der Waals surface area contributed by atoms with Crippen LogP contribution >= 0.6 is 34.8 Å². The summed E-state index contributed by atoms with van der Waals surface area (Å²) in [6.07, 6.45) is 8.20. The Labute approximate surface area is 394 Å². The van der Waals surface area contributed by atoms with Crippen molar-refractivity contribution >= 4 is 85.1 Å². The largest absolute Gasteiger partial charge is 0.393 e. The summed E-state index contributed by atoms with van der Waals surface area (Å²) in [5, 5.41) is 49.6. The maximum atomic E-state index is 14.2. The molecule has 1 aromatic carbocycles. The average molecular weight is 991 g/mol. The normalized spacial score (nSPS) is 32.9. The molecular formula is C43H62Cl3N7O11S. The molecule has 0 spiro atoms. The number of nitro benzene ring substituents is 1. The average Bonchev–Trinajstić information content (AvgIpc) is 3.99. The van der Waals surface area contributed by atoms with Gasteiger partial charge in [0.1, 0.15) is 12.6 Å². The zero-order valence-electron chi connectivity index (χ0n) is 37.1. The van der Waals surface area contributed by atoms with Crippen molar-refractivity contribution in [2.24, 2.45) is 46.3 Å². The third kappa shape index (κ3) is 11.0. The summed E-state index contributed by atoms with van der Waals surface area (Å²) in [5.41, 5.74) is 0.544. The molecule has 0 bridgehead atoms. The molecule has 3 amide bonds. The van der Waals surface area contributed by atoms with Gasteiger partial charge >= 0.3 is 5.69 Å². The van der Waals surface area contributed by atoms with E-state index in [-0.39, 0.29) is 95.8 Å². The lowest BCUT2D eigenvalue weighted by Gasteiger charge is -2.62. The summed E-state index contributed by atoms with van der Waals surface area (Å²) in [6.45, 7) is 6.37. The molecule has 0 radical (unpaired) electrons. The summed E-state index contributed by atoms with van der Waals surface area (Å²) in [5.74, 6) is 0.215. The minimum absolute atomic E-state index is 0.000267. The van der Waals surface area contributed by atoms with Gasteiger partial charge in [0, 0.05) is 44.6 Å². The van der Waals surface area contributed by atoms with Crippen molar-refractivity contribution < 1.29 is 46.7 Å². The lowest BCUT2D eigenvalue weighted by Crippen LogP contribution is -2.58. The number of nitro groups is 1. The van der Waals surface area contributed by atoms with Crippen LogP contribution in [0, 0.1) is 56.5 Å². The topological polar surface area (TPSA) is 256 Å². The zero-order chi connectivity index (χ0) is 47.1. The Morgan fingerprint density at radius 3 is 2.48 bits per heavy atom. The van der Waals surface area contributed by atoms with Gasteiger partial charge in [0.2, 0.25) is 27.0 Å². The Bertz CT molecular complexity index is 2200. The SMILES string of the molecule is C[C@H](CCC(=O)N1C[C@@H](NC(=O)CCCNc2ccc([N+](=O)[O-])c3nonc23)C[C@H]1C(=O)NCCS(=O)(=O)OCC(Cl)(Cl)Cl)[C@H]1CCC2C3C(CC[C@@]21C)[C@@]1(C)CC[C@@H](O)CC1C[C@@H]3O. The zero-order valence-corrected chi connectivity index (χ0v) is 40.1. The number of carbonyl (C=O) groups is 3. The van der Waals surface area contributed by atoms with Crippen LogP contribution in [0.3, 0.4) is 0 Å². The number of amides is 3. The van der Waals surface area contributed by atoms with Gasteiger partial charge in [-0.15, -0.1) is 0 Å². The second kappa shape index (κ2) is 19.9. The quantitative estimate of drug-likeness (QED) is 0.0422. The number of alkyl halides is 3. The Kier molecular flexibility index (Phi) is 15.2. The van der Waals surface area contributed by atoms with E-state index in [1.165, 1.54) is 17.0 Å². The van der Waals surface area contributed by atoms with Crippen LogP contribution in [-0.2, 0) is 28.7 Å². The van der Waals surface area contributed by atoms with E-state index in [9.17, 15) is 43.1 Å². The van der Waals surface area contributed by atoms with E-state index in [2.05, 4.69) is 47.0 Å². The molecule has 2 aromatic rings. The molecule has 65 heavy (non-hydrogen) atoms. The van der Waals surface area contributed by atoms with E-state index < -0.39 is 49.2 Å². The van der Waals surface area contributed by atoms with Crippen LogP contribution < -0.4 is 16.0 Å². The Morgan fingerprint density at radius 1 is 1.02 bits per heavy atom. The highest BCUT2D eigenvalue weighted by Gasteiger charge is 2.63. The summed E-state index contributed by atoms with van der Waals surface area (Å²) in [7, 11) is -4.16. The number of rotatable bonds is 17. The van der Waals surface area contributed by atoms with Gasteiger partial charge in [0.15, 0.2) is 5.52 Å². The van der Waals surface area contributed by atoms with Crippen LogP contribution in [0.1, 0.15) is 104 Å². The summed E-state index contributed by atoms with van der Waals surface area (Å²) < 4.78 is 32.3. The van der Waals surface area contributed by atoms with Gasteiger partial charge in [-0.2, -0.15) is 8.42 Å². The molecular weight excluding hydrogens is 929 g/mol. The number of aliphatic hydroxyl groups is 2. The Morgan fingerprint density at radius 2 is 1.74 bits per heavy atom. The smallest absolute Gasteiger partial charge is 0.300 e. The van der Waals surface area contributed by atoms with Crippen molar-refractivity contribution in [3.05, 3.63) is 22.2 Å². The number of hydrogen-bond donors (Lipinski definition) is 5. The molecule has 5 N–H and O–H groups in total. The van der Waals surface area contributed by atoms with Crippen molar-refractivity contribution in [2.45, 2.75) is 132 Å². The number of carbonyl (C=O) groups excluding carboxylic acids is 3. The number of nitrogens with one attached hydrogen (secondary N) is 3. The van der Waals surface area contributed by atoms with Crippen LogP contribution in [0.25, 0.3) is 11.0 Å². The monoisotopic (exact) mass is 989 g/mol. The van der Waals surface area contributed by atoms with Crippen LogP contribution in [0.2, 0.25) is 0 Å². The highest BCUT2D eigenvalue weighted by molar-refractivity contribution is 7.86. The number of likely N-dealkylation sites (tertiary alicyclic amines) is 1. The third-order valence-electron chi connectivity index (χ3n) is 16.1. The third-order valence-corrected chi connectivity index (χ3v) is 17.6. The molecule has 362 valence electrons. The van der Waals surface area contributed by atoms with Gasteiger partial charge in [0.05, 0.1) is 28.6 Å². The molecule has 5 aliphatic rings. The number of benzene rings is 1. The summed E-state index contributed by atoms with van der Waals surface area (Å²) in [6, 6.07) is 1.25. The number of fused-ring (bicyclic) bond motifs is 6. The van der Waals surface area contributed by atoms with Crippen molar-refractivity contribution in [1.29, 1.82) is 0 Å². The second-order valence-corrected chi connectivity index (χ2v) is 24.1. The number of halogens is 3. The number of non-ortho nitro benzene ring substituents is 1. The van der Waals surface area contributed by atoms with Gasteiger partial charge in [-0.25, -0.2) is 4.63 Å². The fraction of sp³-hybridized carbons (Fsp3) is 0.791. The van der Waals surface area contributed by atoms with E-state index in [0.29, 0.717) is 48.7 Å². The Hall–Kier alpha value is -3.07. The lowest BCUT2D eigenvalue weighted by atomic mass is 9.43. The summed E-state index contributed by atoms with van der Waals surface area (Å²) >= 11 is 16.9. The van der Waals surface area contributed by atoms with Crippen molar-refractivity contribution in [3.8, 4) is 0 Å². The molecule has 1 aromatic heterocycles. The predicted molar refractivity (Wildman–Crippen MR) is 242 cm³/mol. The molecule has 22 heteroatoms.